The van der Waals surface area contributed by atoms with E-state index in [4.69, 9.17) is 27.9 Å². The number of ether oxygens (including phenoxy) is 1. The van der Waals surface area contributed by atoms with Crippen LogP contribution < -0.4 is 5.32 Å². The van der Waals surface area contributed by atoms with Gasteiger partial charge < -0.3 is 14.6 Å². The third-order valence-electron chi connectivity index (χ3n) is 4.89. The van der Waals surface area contributed by atoms with E-state index in [1.165, 1.54) is 0 Å². The molecule has 0 radical (unpaired) electrons. The second-order valence-corrected chi connectivity index (χ2v) is 8.14. The number of esters is 1. The molecule has 0 aliphatic heterocycles. The molecule has 0 aliphatic rings. The van der Waals surface area contributed by atoms with Crippen LogP contribution in [0.3, 0.4) is 0 Å². The number of nitriles is 1. The van der Waals surface area contributed by atoms with Crippen molar-refractivity contribution >= 4 is 34.9 Å². The third-order valence-corrected chi connectivity index (χ3v) is 5.37. The predicted molar refractivity (Wildman–Crippen MR) is 124 cm³/mol. The number of aromatic nitrogens is 1. The van der Waals surface area contributed by atoms with Crippen molar-refractivity contribution in [2.45, 2.75) is 32.9 Å². The first kappa shape index (κ1) is 22.7. The molecule has 1 aromatic heterocycles. The summed E-state index contributed by atoms with van der Waals surface area (Å²) >= 11 is 12.3. The predicted octanol–water partition coefficient (Wildman–Crippen LogP) is 6.63. The zero-order valence-electron chi connectivity index (χ0n) is 17.5. The van der Waals surface area contributed by atoms with E-state index in [0.29, 0.717) is 26.9 Å². The lowest BCUT2D eigenvalue weighted by molar-refractivity contribution is 0.0524. The van der Waals surface area contributed by atoms with Crippen molar-refractivity contribution in [3.63, 3.8) is 0 Å². The first-order chi connectivity index (χ1) is 14.8. The standard InChI is InChI=1S/C24H23Cl2N3O2/c1-4-31-24(30)20-11-12-29(15(2)3)23(20)22(16-5-8-18(25)9-6-16)28-21-13-19(26)10-7-17(21)14-27/h5-13,15,22,28H,4H2,1-3H3. The second kappa shape index (κ2) is 9.91. The van der Waals surface area contributed by atoms with Crippen LogP contribution in [-0.4, -0.2) is 17.1 Å². The van der Waals surface area contributed by atoms with Crippen molar-refractivity contribution in [2.75, 3.05) is 11.9 Å². The van der Waals surface area contributed by atoms with E-state index >= 15 is 0 Å². The van der Waals surface area contributed by atoms with Gasteiger partial charge in [-0.15, -0.1) is 0 Å². The number of hydrogen-bond donors (Lipinski definition) is 1. The van der Waals surface area contributed by atoms with Crippen LogP contribution in [0.5, 0.6) is 0 Å². The Labute approximate surface area is 192 Å². The van der Waals surface area contributed by atoms with E-state index in [-0.39, 0.29) is 12.6 Å². The largest absolute Gasteiger partial charge is 0.462 e. The first-order valence-corrected chi connectivity index (χ1v) is 10.7. The zero-order valence-corrected chi connectivity index (χ0v) is 19.0. The first-order valence-electron chi connectivity index (χ1n) is 9.95. The number of carbonyl (C=O) groups is 1. The van der Waals surface area contributed by atoms with Crippen LogP contribution in [0.4, 0.5) is 5.69 Å². The molecule has 2 aromatic carbocycles. The normalized spacial score (nSPS) is 11.8. The molecule has 1 heterocycles. The smallest absolute Gasteiger partial charge is 0.340 e. The van der Waals surface area contributed by atoms with Gasteiger partial charge in [-0.1, -0.05) is 35.3 Å². The third kappa shape index (κ3) is 5.04. The number of carbonyl (C=O) groups excluding carboxylic acids is 1. The lowest BCUT2D eigenvalue weighted by Gasteiger charge is -2.26. The van der Waals surface area contributed by atoms with Gasteiger partial charge in [0, 0.05) is 22.3 Å². The van der Waals surface area contributed by atoms with E-state index in [0.717, 1.165) is 11.3 Å². The molecule has 0 bridgehead atoms. The fourth-order valence-corrected chi connectivity index (χ4v) is 3.75. The van der Waals surface area contributed by atoms with Crippen LogP contribution in [0, 0.1) is 11.3 Å². The average molecular weight is 456 g/mol. The van der Waals surface area contributed by atoms with Gasteiger partial charge in [-0.2, -0.15) is 5.26 Å². The van der Waals surface area contributed by atoms with Gasteiger partial charge in [-0.3, -0.25) is 0 Å². The SMILES string of the molecule is CCOC(=O)c1ccn(C(C)C)c1C(Nc1cc(Cl)ccc1C#N)c1ccc(Cl)cc1. The fourth-order valence-electron chi connectivity index (χ4n) is 3.45. The van der Waals surface area contributed by atoms with Crippen molar-refractivity contribution in [2.24, 2.45) is 0 Å². The molecule has 3 aromatic rings. The van der Waals surface area contributed by atoms with Gasteiger partial charge >= 0.3 is 5.97 Å². The van der Waals surface area contributed by atoms with Gasteiger partial charge in [0.2, 0.25) is 0 Å². The Kier molecular flexibility index (Phi) is 7.27. The highest BCUT2D eigenvalue weighted by molar-refractivity contribution is 6.31. The van der Waals surface area contributed by atoms with Gasteiger partial charge in [0.15, 0.2) is 0 Å². The topological polar surface area (TPSA) is 67.0 Å². The molecule has 1 atom stereocenters. The molecular weight excluding hydrogens is 433 g/mol. The lowest BCUT2D eigenvalue weighted by atomic mass is 9.99. The summed E-state index contributed by atoms with van der Waals surface area (Å²) < 4.78 is 7.33. The molecule has 0 spiro atoms. The van der Waals surface area contributed by atoms with E-state index in [1.807, 2.05) is 36.7 Å². The molecule has 1 N–H and O–H groups in total. The Morgan fingerprint density at radius 1 is 1.13 bits per heavy atom. The van der Waals surface area contributed by atoms with Crippen LogP contribution in [0.25, 0.3) is 0 Å². The van der Waals surface area contributed by atoms with Crippen molar-refractivity contribution in [1.82, 2.24) is 4.57 Å². The van der Waals surface area contributed by atoms with E-state index in [9.17, 15) is 10.1 Å². The summed E-state index contributed by atoms with van der Waals surface area (Å²) in [5.41, 5.74) is 3.09. The number of anilines is 1. The van der Waals surface area contributed by atoms with E-state index < -0.39 is 12.0 Å². The second-order valence-electron chi connectivity index (χ2n) is 7.27. The van der Waals surface area contributed by atoms with Crippen molar-refractivity contribution in [3.8, 4) is 6.07 Å². The van der Waals surface area contributed by atoms with Gasteiger partial charge in [0.1, 0.15) is 6.07 Å². The molecular formula is C24H23Cl2N3O2. The van der Waals surface area contributed by atoms with Crippen LogP contribution >= 0.6 is 23.2 Å². The average Bonchev–Trinajstić information content (AvgIpc) is 3.18. The summed E-state index contributed by atoms with van der Waals surface area (Å²) in [6.45, 7) is 6.13. The van der Waals surface area contributed by atoms with Crippen LogP contribution in [0.1, 0.15) is 60.0 Å². The van der Waals surface area contributed by atoms with Crippen molar-refractivity contribution in [1.29, 1.82) is 5.26 Å². The summed E-state index contributed by atoms with van der Waals surface area (Å²) in [6, 6.07) is 16.0. The molecule has 0 amide bonds. The Morgan fingerprint density at radius 3 is 2.42 bits per heavy atom. The number of rotatable bonds is 7. The van der Waals surface area contributed by atoms with Gasteiger partial charge in [-0.05, 0) is 62.7 Å². The quantitative estimate of drug-likeness (QED) is 0.406. The summed E-state index contributed by atoms with van der Waals surface area (Å²) in [4.78, 5) is 12.8. The fraction of sp³-hybridized carbons (Fsp3) is 0.250. The summed E-state index contributed by atoms with van der Waals surface area (Å²) in [6.07, 6.45) is 1.88. The van der Waals surface area contributed by atoms with Gasteiger partial charge in [0.05, 0.1) is 35.2 Å². The molecule has 31 heavy (non-hydrogen) atoms. The van der Waals surface area contributed by atoms with Crippen molar-refractivity contribution in [3.05, 3.63) is 87.2 Å². The van der Waals surface area contributed by atoms with Crippen LogP contribution in [-0.2, 0) is 4.74 Å². The number of halogens is 2. The molecule has 1 unspecified atom stereocenters. The van der Waals surface area contributed by atoms with Crippen molar-refractivity contribution < 1.29 is 9.53 Å². The molecule has 0 fully saturated rings. The van der Waals surface area contributed by atoms with Crippen LogP contribution in [0.2, 0.25) is 10.0 Å². The molecule has 0 saturated heterocycles. The monoisotopic (exact) mass is 455 g/mol. The van der Waals surface area contributed by atoms with Crippen LogP contribution in [0.15, 0.2) is 54.7 Å². The lowest BCUT2D eigenvalue weighted by Crippen LogP contribution is -2.21. The molecule has 160 valence electrons. The molecule has 7 heteroatoms. The van der Waals surface area contributed by atoms with Gasteiger partial charge in [0.25, 0.3) is 0 Å². The maximum atomic E-state index is 12.8. The maximum absolute atomic E-state index is 12.8. The highest BCUT2D eigenvalue weighted by Crippen LogP contribution is 2.34. The summed E-state index contributed by atoms with van der Waals surface area (Å²) in [5, 5.41) is 14.1. The molecule has 5 nitrogen and oxygen atoms in total. The summed E-state index contributed by atoms with van der Waals surface area (Å²) in [7, 11) is 0. The highest BCUT2D eigenvalue weighted by Gasteiger charge is 2.27. The molecule has 0 saturated carbocycles. The number of nitrogens with one attached hydrogen (secondary N) is 1. The summed E-state index contributed by atoms with van der Waals surface area (Å²) in [5.74, 6) is -0.399. The van der Waals surface area contributed by atoms with E-state index in [2.05, 4.69) is 11.4 Å². The Morgan fingerprint density at radius 2 is 1.81 bits per heavy atom. The molecule has 0 aliphatic carbocycles. The number of hydrogen-bond acceptors (Lipinski definition) is 4. The minimum absolute atomic E-state index is 0.0876. The number of benzene rings is 2. The Bertz CT molecular complexity index is 1110. The minimum Gasteiger partial charge on any atom is -0.462 e. The highest BCUT2D eigenvalue weighted by atomic mass is 35.5. The Hall–Kier alpha value is -2.94. The molecule has 3 rings (SSSR count). The van der Waals surface area contributed by atoms with E-state index in [1.54, 1.807) is 43.3 Å². The zero-order chi connectivity index (χ0) is 22.5. The minimum atomic E-state index is -0.459. The maximum Gasteiger partial charge on any atom is 0.340 e. The number of nitrogens with zero attached hydrogens (tertiary/aromatic N) is 2. The van der Waals surface area contributed by atoms with Gasteiger partial charge in [-0.25, -0.2) is 4.79 Å². The Balaban J connectivity index is 2.22.